The fourth-order valence-electron chi connectivity index (χ4n) is 3.52. The molecule has 4 rings (SSSR count). The van der Waals surface area contributed by atoms with Crippen molar-refractivity contribution in [2.75, 3.05) is 10.6 Å². The van der Waals surface area contributed by atoms with Crippen LogP contribution in [0.1, 0.15) is 24.4 Å². The average molecular weight is 438 g/mol. The molecule has 0 radical (unpaired) electrons. The lowest BCUT2D eigenvalue weighted by atomic mass is 10.1. The molecule has 1 aromatic heterocycles. The van der Waals surface area contributed by atoms with Crippen LogP contribution in [0.2, 0.25) is 0 Å². The first-order valence-electron chi connectivity index (χ1n) is 10.0. The summed E-state index contributed by atoms with van der Waals surface area (Å²) >= 11 is 0. The summed E-state index contributed by atoms with van der Waals surface area (Å²) in [6, 6.07) is 23.3. The van der Waals surface area contributed by atoms with Crippen molar-refractivity contribution in [1.29, 1.82) is 0 Å². The second-order valence-electron chi connectivity index (χ2n) is 7.41. The van der Waals surface area contributed by atoms with Crippen LogP contribution in [0.25, 0.3) is 11.0 Å². The van der Waals surface area contributed by atoms with Crippen molar-refractivity contribution in [3.05, 3.63) is 90.3 Å². The predicted molar refractivity (Wildman–Crippen MR) is 118 cm³/mol. The summed E-state index contributed by atoms with van der Waals surface area (Å²) in [5, 5.41) is 6.02. The lowest BCUT2D eigenvalue weighted by Crippen LogP contribution is -2.23. The number of nitrogens with zero attached hydrogens (tertiary/aromatic N) is 2. The van der Waals surface area contributed by atoms with Gasteiger partial charge in [0.1, 0.15) is 6.54 Å². The fourth-order valence-corrected chi connectivity index (χ4v) is 3.52. The number of anilines is 2. The Labute approximate surface area is 182 Å². The molecule has 2 N–H and O–H groups in total. The molecule has 0 fully saturated rings. The van der Waals surface area contributed by atoms with E-state index in [1.54, 1.807) is 24.3 Å². The minimum absolute atomic E-state index is 0.0898. The number of hydrogen-bond acceptors (Lipinski definition) is 3. The van der Waals surface area contributed by atoms with Crippen molar-refractivity contribution in [2.45, 2.75) is 25.7 Å². The lowest BCUT2D eigenvalue weighted by Gasteiger charge is -2.16. The van der Waals surface area contributed by atoms with Crippen LogP contribution in [0.15, 0.2) is 78.9 Å². The molecule has 1 atom stereocenters. The van der Waals surface area contributed by atoms with Gasteiger partial charge in [0, 0.05) is 17.4 Å². The molecule has 32 heavy (non-hydrogen) atoms. The molecule has 1 amide bonds. The molecule has 0 saturated carbocycles. The molecule has 8 heteroatoms. The Hall–Kier alpha value is -3.81. The molecule has 0 aliphatic carbocycles. The van der Waals surface area contributed by atoms with E-state index in [9.17, 15) is 18.0 Å². The Morgan fingerprint density at radius 3 is 2.25 bits per heavy atom. The minimum atomic E-state index is -4.66. The first kappa shape index (κ1) is 21.4. The maximum atomic E-state index is 13.4. The van der Waals surface area contributed by atoms with Crippen molar-refractivity contribution >= 4 is 28.3 Å². The second-order valence-corrected chi connectivity index (χ2v) is 7.41. The highest BCUT2D eigenvalue weighted by Gasteiger charge is 2.38. The first-order valence-corrected chi connectivity index (χ1v) is 10.0. The zero-order valence-electron chi connectivity index (χ0n) is 17.2. The zero-order valence-corrected chi connectivity index (χ0v) is 17.2. The maximum absolute atomic E-state index is 13.4. The molecule has 0 bridgehead atoms. The monoisotopic (exact) mass is 438 g/mol. The van der Waals surface area contributed by atoms with Gasteiger partial charge in [-0.1, -0.05) is 42.5 Å². The summed E-state index contributed by atoms with van der Waals surface area (Å²) in [7, 11) is 0. The van der Waals surface area contributed by atoms with Gasteiger partial charge in [0.25, 0.3) is 0 Å². The zero-order chi connectivity index (χ0) is 22.7. The molecule has 4 aromatic rings. The average Bonchev–Trinajstić information content (AvgIpc) is 3.14. The van der Waals surface area contributed by atoms with Crippen molar-refractivity contribution in [1.82, 2.24) is 9.55 Å². The van der Waals surface area contributed by atoms with E-state index in [0.29, 0.717) is 5.69 Å². The molecule has 0 aliphatic heterocycles. The molecule has 1 heterocycles. The van der Waals surface area contributed by atoms with Gasteiger partial charge in [0.05, 0.1) is 11.0 Å². The molecule has 0 unspecified atom stereocenters. The van der Waals surface area contributed by atoms with E-state index < -0.39 is 24.5 Å². The summed E-state index contributed by atoms with van der Waals surface area (Å²) in [5.41, 5.74) is 2.93. The summed E-state index contributed by atoms with van der Waals surface area (Å²) in [6.07, 6.45) is -4.66. The number of alkyl halides is 3. The Kier molecular flexibility index (Phi) is 5.85. The van der Waals surface area contributed by atoms with Gasteiger partial charge in [0.2, 0.25) is 11.7 Å². The number of carbonyl (C=O) groups excluding carboxylic acids is 1. The van der Waals surface area contributed by atoms with E-state index in [1.807, 2.05) is 49.4 Å². The Morgan fingerprint density at radius 2 is 1.56 bits per heavy atom. The molecular weight excluding hydrogens is 417 g/mol. The number of hydrogen-bond donors (Lipinski definition) is 2. The third-order valence-electron chi connectivity index (χ3n) is 5.06. The third kappa shape index (κ3) is 4.74. The van der Waals surface area contributed by atoms with E-state index in [0.717, 1.165) is 15.8 Å². The number of para-hydroxylation sites is 2. The van der Waals surface area contributed by atoms with Gasteiger partial charge >= 0.3 is 6.18 Å². The highest BCUT2D eigenvalue weighted by Crippen LogP contribution is 2.31. The highest BCUT2D eigenvalue weighted by atomic mass is 19.4. The quantitative estimate of drug-likeness (QED) is 0.396. The summed E-state index contributed by atoms with van der Waals surface area (Å²) in [6.45, 7) is 1.54. The first-order chi connectivity index (χ1) is 15.3. The molecule has 0 spiro atoms. The van der Waals surface area contributed by atoms with Crippen molar-refractivity contribution in [2.24, 2.45) is 0 Å². The van der Waals surface area contributed by atoms with Crippen molar-refractivity contribution in [3.63, 3.8) is 0 Å². The van der Waals surface area contributed by atoms with Crippen LogP contribution in [-0.2, 0) is 17.5 Å². The van der Waals surface area contributed by atoms with Crippen LogP contribution in [-0.4, -0.2) is 15.5 Å². The van der Waals surface area contributed by atoms with Crippen LogP contribution in [0.3, 0.4) is 0 Å². The number of imidazole rings is 1. The number of halogens is 3. The van der Waals surface area contributed by atoms with Crippen LogP contribution >= 0.6 is 0 Å². The van der Waals surface area contributed by atoms with E-state index >= 15 is 0 Å². The molecule has 0 saturated heterocycles. The van der Waals surface area contributed by atoms with Crippen molar-refractivity contribution in [3.8, 4) is 0 Å². The van der Waals surface area contributed by atoms with Gasteiger partial charge in [-0.15, -0.1) is 0 Å². The number of fused-ring (bicyclic) bond motifs is 1. The smallest absolute Gasteiger partial charge is 0.379 e. The van der Waals surface area contributed by atoms with Crippen LogP contribution in [0, 0.1) is 0 Å². The number of amides is 1. The van der Waals surface area contributed by atoms with E-state index in [2.05, 4.69) is 15.6 Å². The normalized spacial score (nSPS) is 12.5. The van der Waals surface area contributed by atoms with Gasteiger partial charge in [-0.05, 0) is 48.9 Å². The predicted octanol–water partition coefficient (Wildman–Crippen LogP) is 5.87. The number of aromatic nitrogens is 2. The Balaban J connectivity index is 1.45. The summed E-state index contributed by atoms with van der Waals surface area (Å²) in [5.74, 6) is -1.67. The van der Waals surface area contributed by atoms with Crippen LogP contribution in [0.5, 0.6) is 0 Å². The second kappa shape index (κ2) is 8.74. The van der Waals surface area contributed by atoms with Gasteiger partial charge in [-0.3, -0.25) is 4.79 Å². The van der Waals surface area contributed by atoms with E-state index in [1.165, 1.54) is 12.1 Å². The van der Waals surface area contributed by atoms with Gasteiger partial charge in [-0.25, -0.2) is 4.98 Å². The highest BCUT2D eigenvalue weighted by molar-refractivity contribution is 5.92. The number of rotatable bonds is 6. The Bertz CT molecular complexity index is 1220. The van der Waals surface area contributed by atoms with Gasteiger partial charge < -0.3 is 15.2 Å². The molecular formula is C24H21F3N4O. The third-order valence-corrected chi connectivity index (χ3v) is 5.06. The largest absolute Gasteiger partial charge is 0.449 e. The van der Waals surface area contributed by atoms with Gasteiger partial charge in [0.15, 0.2) is 0 Å². The van der Waals surface area contributed by atoms with E-state index in [-0.39, 0.29) is 17.1 Å². The van der Waals surface area contributed by atoms with Gasteiger partial charge in [-0.2, -0.15) is 13.2 Å². The minimum Gasteiger partial charge on any atom is -0.379 e. The van der Waals surface area contributed by atoms with E-state index in [4.69, 9.17) is 0 Å². The summed E-state index contributed by atoms with van der Waals surface area (Å²) in [4.78, 5) is 16.2. The summed E-state index contributed by atoms with van der Waals surface area (Å²) < 4.78 is 41.1. The topological polar surface area (TPSA) is 58.9 Å². The Morgan fingerprint density at radius 1 is 0.938 bits per heavy atom. The number of nitrogens with one attached hydrogen (secondary N) is 2. The maximum Gasteiger partial charge on any atom is 0.449 e. The fraction of sp³-hybridized carbons (Fsp3) is 0.167. The van der Waals surface area contributed by atoms with Crippen LogP contribution in [0.4, 0.5) is 24.5 Å². The van der Waals surface area contributed by atoms with Crippen LogP contribution < -0.4 is 10.6 Å². The number of benzene rings is 3. The van der Waals surface area contributed by atoms with Crippen molar-refractivity contribution < 1.29 is 18.0 Å². The number of carbonyl (C=O) groups is 1. The standard InChI is InChI=1S/C24H21F3N4O/c1-16(17-7-3-2-4-8-17)28-18-11-13-19(14-12-18)29-22(32)15-31-21-10-6-5-9-20(21)30-23(31)24(25,26)27/h2-14,16,28H,15H2,1H3,(H,29,32)/t16-/m0/s1. The SMILES string of the molecule is C[C@H](Nc1ccc(NC(=O)Cn2c(C(F)(F)F)nc3ccccc32)cc1)c1ccccc1. The molecule has 0 aliphatic rings. The lowest BCUT2D eigenvalue weighted by molar-refractivity contribution is -0.147. The molecule has 5 nitrogen and oxygen atoms in total. The molecule has 3 aromatic carbocycles. The molecule has 164 valence electrons.